The Bertz CT molecular complexity index is 688. The molecule has 0 saturated carbocycles. The van der Waals surface area contributed by atoms with Crippen molar-refractivity contribution in [3.63, 3.8) is 0 Å². The third kappa shape index (κ3) is 4.08. The summed E-state index contributed by atoms with van der Waals surface area (Å²) in [4.78, 5) is 14.8. The van der Waals surface area contributed by atoms with Gasteiger partial charge in [-0.1, -0.05) is 18.2 Å². The van der Waals surface area contributed by atoms with Crippen LogP contribution in [0, 0.1) is 0 Å². The molecule has 1 fully saturated rings. The molecule has 7 heteroatoms. The molecule has 1 aliphatic rings. The second-order valence-corrected chi connectivity index (χ2v) is 8.34. The molecule has 2 rings (SSSR count). The summed E-state index contributed by atoms with van der Waals surface area (Å²) >= 11 is 0. The van der Waals surface area contributed by atoms with E-state index in [4.69, 9.17) is 4.74 Å². The van der Waals surface area contributed by atoms with Crippen LogP contribution in [-0.4, -0.2) is 55.5 Å². The summed E-state index contributed by atoms with van der Waals surface area (Å²) in [6, 6.07) is 6.92. The number of carbonyl (C=O) groups is 1. The monoisotopic (exact) mass is 354 g/mol. The molecular weight excluding hydrogens is 328 g/mol. The smallest absolute Gasteiger partial charge is 0.241 e. The quantitative estimate of drug-likeness (QED) is 0.782. The van der Waals surface area contributed by atoms with E-state index in [0.717, 1.165) is 11.3 Å². The normalized spacial score (nSPS) is 18.8. The molecule has 0 radical (unpaired) electrons. The molecule has 0 unspecified atom stereocenters. The summed E-state index contributed by atoms with van der Waals surface area (Å²) in [5.74, 6) is 0.584. The van der Waals surface area contributed by atoms with Gasteiger partial charge in [0, 0.05) is 24.7 Å². The Balaban J connectivity index is 2.26. The summed E-state index contributed by atoms with van der Waals surface area (Å²) in [6.45, 7) is 4.69. The minimum absolute atomic E-state index is 0.0376. The number of benzene rings is 1. The molecule has 24 heavy (non-hydrogen) atoms. The lowest BCUT2D eigenvalue weighted by atomic mass is 10.1. The Hall–Kier alpha value is -1.60. The van der Waals surface area contributed by atoms with Crippen molar-refractivity contribution in [1.82, 2.24) is 9.21 Å². The van der Waals surface area contributed by atoms with Crippen molar-refractivity contribution < 1.29 is 17.9 Å². The van der Waals surface area contributed by atoms with E-state index in [1.54, 1.807) is 12.0 Å². The van der Waals surface area contributed by atoms with Crippen LogP contribution >= 0.6 is 0 Å². The molecule has 1 amide bonds. The number of methoxy groups -OCH3 is 1. The van der Waals surface area contributed by atoms with Crippen molar-refractivity contribution >= 4 is 15.9 Å². The largest absolute Gasteiger partial charge is 0.496 e. The third-order valence-electron chi connectivity index (χ3n) is 4.35. The highest BCUT2D eigenvalue weighted by Gasteiger charge is 2.39. The summed E-state index contributed by atoms with van der Waals surface area (Å²) < 4.78 is 30.6. The number of sulfonamides is 1. The second-order valence-electron chi connectivity index (χ2n) is 6.40. The van der Waals surface area contributed by atoms with Crippen LogP contribution in [0.3, 0.4) is 0 Å². The Morgan fingerprint density at radius 2 is 2.04 bits per heavy atom. The van der Waals surface area contributed by atoms with E-state index in [0.29, 0.717) is 25.9 Å². The zero-order chi connectivity index (χ0) is 17.9. The maximum atomic E-state index is 13.0. The highest BCUT2D eigenvalue weighted by Crippen LogP contribution is 2.26. The summed E-state index contributed by atoms with van der Waals surface area (Å²) in [5, 5.41) is 0. The van der Waals surface area contributed by atoms with E-state index < -0.39 is 16.1 Å². The van der Waals surface area contributed by atoms with E-state index in [1.165, 1.54) is 10.6 Å². The van der Waals surface area contributed by atoms with E-state index in [9.17, 15) is 13.2 Å². The molecule has 1 atom stereocenters. The van der Waals surface area contributed by atoms with Crippen LogP contribution in [0.25, 0.3) is 0 Å². The first-order chi connectivity index (χ1) is 11.3. The van der Waals surface area contributed by atoms with Gasteiger partial charge in [-0.2, -0.15) is 4.31 Å². The lowest BCUT2D eigenvalue weighted by Crippen LogP contribution is -2.49. The minimum Gasteiger partial charge on any atom is -0.496 e. The van der Waals surface area contributed by atoms with Crippen LogP contribution < -0.4 is 4.74 Å². The van der Waals surface area contributed by atoms with Crippen LogP contribution in [0.15, 0.2) is 24.3 Å². The first-order valence-corrected chi connectivity index (χ1v) is 9.99. The second kappa shape index (κ2) is 7.53. The number of rotatable bonds is 6. The SMILES string of the molecule is COc1ccccc1CN(C(=O)[C@@H]1CCCN1S(C)(=O)=O)C(C)C. The highest BCUT2D eigenvalue weighted by molar-refractivity contribution is 7.88. The molecule has 0 aliphatic carbocycles. The molecule has 0 spiro atoms. The highest BCUT2D eigenvalue weighted by atomic mass is 32.2. The van der Waals surface area contributed by atoms with Gasteiger partial charge in [-0.3, -0.25) is 4.79 Å². The van der Waals surface area contributed by atoms with Crippen LogP contribution in [0.2, 0.25) is 0 Å². The maximum absolute atomic E-state index is 13.0. The topological polar surface area (TPSA) is 66.9 Å². The third-order valence-corrected chi connectivity index (χ3v) is 5.64. The standard InChI is InChI=1S/C17H26N2O4S/c1-13(2)18(12-14-8-5-6-10-16(14)23-3)17(20)15-9-7-11-19(15)24(4,21)22/h5-6,8,10,13,15H,7,9,11-12H2,1-4H3/t15-/m0/s1. The Morgan fingerprint density at radius 3 is 2.62 bits per heavy atom. The molecular formula is C17H26N2O4S. The van der Waals surface area contributed by atoms with Gasteiger partial charge in [0.1, 0.15) is 11.8 Å². The lowest BCUT2D eigenvalue weighted by Gasteiger charge is -2.32. The van der Waals surface area contributed by atoms with Crippen LogP contribution in [0.1, 0.15) is 32.3 Å². The molecule has 0 bridgehead atoms. The van der Waals surface area contributed by atoms with Gasteiger partial charge in [-0.05, 0) is 32.8 Å². The molecule has 0 N–H and O–H groups in total. The number of ether oxygens (including phenoxy) is 1. The van der Waals surface area contributed by atoms with Crippen molar-refractivity contribution in [2.24, 2.45) is 0 Å². The van der Waals surface area contributed by atoms with Crippen LogP contribution in [-0.2, 0) is 21.4 Å². The van der Waals surface area contributed by atoms with Gasteiger partial charge >= 0.3 is 0 Å². The summed E-state index contributed by atoms with van der Waals surface area (Å²) in [5.41, 5.74) is 0.908. The maximum Gasteiger partial charge on any atom is 0.241 e. The van der Waals surface area contributed by atoms with E-state index in [-0.39, 0.29) is 11.9 Å². The Labute approximate surface area is 144 Å². The summed E-state index contributed by atoms with van der Waals surface area (Å²) in [6.07, 6.45) is 2.45. The fourth-order valence-corrected chi connectivity index (χ4v) is 4.23. The van der Waals surface area contributed by atoms with Gasteiger partial charge in [-0.25, -0.2) is 8.42 Å². The Kier molecular flexibility index (Phi) is 5.87. The first kappa shape index (κ1) is 18.7. The number of hydrogen-bond donors (Lipinski definition) is 0. The van der Waals surface area contributed by atoms with Crippen molar-refractivity contribution in [2.45, 2.75) is 45.3 Å². The van der Waals surface area contributed by atoms with Crippen LogP contribution in [0.5, 0.6) is 5.75 Å². The fraction of sp³-hybridized carbons (Fsp3) is 0.588. The Morgan fingerprint density at radius 1 is 1.38 bits per heavy atom. The zero-order valence-electron chi connectivity index (χ0n) is 14.7. The van der Waals surface area contributed by atoms with Crippen LogP contribution in [0.4, 0.5) is 0 Å². The van der Waals surface area contributed by atoms with Crippen molar-refractivity contribution in [2.75, 3.05) is 19.9 Å². The number of nitrogens with zero attached hydrogens (tertiary/aromatic N) is 2. The zero-order valence-corrected chi connectivity index (χ0v) is 15.5. The molecule has 1 heterocycles. The molecule has 1 aliphatic heterocycles. The van der Waals surface area contributed by atoms with Gasteiger partial charge in [0.15, 0.2) is 0 Å². The molecule has 134 valence electrons. The number of para-hydroxylation sites is 1. The lowest BCUT2D eigenvalue weighted by molar-refractivity contribution is -0.137. The molecule has 6 nitrogen and oxygen atoms in total. The number of carbonyl (C=O) groups excluding carboxylic acids is 1. The molecule has 0 aromatic heterocycles. The fourth-order valence-electron chi connectivity index (χ4n) is 3.11. The summed E-state index contributed by atoms with van der Waals surface area (Å²) in [7, 11) is -1.78. The average Bonchev–Trinajstić information content (AvgIpc) is 3.02. The first-order valence-electron chi connectivity index (χ1n) is 8.15. The van der Waals surface area contributed by atoms with E-state index in [2.05, 4.69) is 0 Å². The predicted molar refractivity (Wildman–Crippen MR) is 93.3 cm³/mol. The van der Waals surface area contributed by atoms with Gasteiger partial charge in [0.25, 0.3) is 0 Å². The predicted octanol–water partition coefficient (Wildman–Crippen LogP) is 1.86. The van der Waals surface area contributed by atoms with Gasteiger partial charge in [0.2, 0.25) is 15.9 Å². The van der Waals surface area contributed by atoms with Gasteiger partial charge < -0.3 is 9.64 Å². The van der Waals surface area contributed by atoms with E-state index >= 15 is 0 Å². The van der Waals surface area contributed by atoms with Gasteiger partial charge in [0.05, 0.1) is 13.4 Å². The average molecular weight is 354 g/mol. The molecule has 1 aromatic rings. The van der Waals surface area contributed by atoms with Crippen molar-refractivity contribution in [1.29, 1.82) is 0 Å². The number of amides is 1. The molecule has 1 saturated heterocycles. The molecule has 1 aromatic carbocycles. The van der Waals surface area contributed by atoms with E-state index in [1.807, 2.05) is 38.1 Å². The van der Waals surface area contributed by atoms with Crippen molar-refractivity contribution in [3.8, 4) is 5.75 Å². The number of hydrogen-bond acceptors (Lipinski definition) is 4. The van der Waals surface area contributed by atoms with Gasteiger partial charge in [-0.15, -0.1) is 0 Å². The minimum atomic E-state index is -3.38. The van der Waals surface area contributed by atoms with Crippen molar-refractivity contribution in [3.05, 3.63) is 29.8 Å².